The molecule has 3 heterocycles. The minimum Gasteiger partial charge on any atom is -0.366 e. The van der Waals surface area contributed by atoms with Crippen molar-refractivity contribution in [2.24, 2.45) is 0 Å². The summed E-state index contributed by atoms with van der Waals surface area (Å²) in [7, 11) is 0. The van der Waals surface area contributed by atoms with Gasteiger partial charge >= 0.3 is 0 Å². The number of hydrogen-bond acceptors (Lipinski definition) is 6. The van der Waals surface area contributed by atoms with Crippen LogP contribution in [-0.4, -0.2) is 37.6 Å². The van der Waals surface area contributed by atoms with E-state index in [4.69, 9.17) is 12.2 Å². The van der Waals surface area contributed by atoms with E-state index in [2.05, 4.69) is 23.8 Å². The Labute approximate surface area is 179 Å². The van der Waals surface area contributed by atoms with Crippen molar-refractivity contribution in [2.45, 2.75) is 33.1 Å². The van der Waals surface area contributed by atoms with Crippen molar-refractivity contribution in [1.82, 2.24) is 14.3 Å². The number of thiocarbonyl (C=S) groups is 1. The van der Waals surface area contributed by atoms with Crippen LogP contribution in [0.1, 0.15) is 37.3 Å². The molecule has 1 saturated heterocycles. The van der Waals surface area contributed by atoms with E-state index in [0.29, 0.717) is 39.3 Å². The van der Waals surface area contributed by atoms with Crippen LogP contribution < -0.4 is 10.9 Å². The number of nitrogens with zero attached hydrogens (tertiary/aromatic N) is 3. The number of nitrogens with one attached hydrogen (secondary N) is 1. The second-order valence-electron chi connectivity index (χ2n) is 6.82. The zero-order valence-corrected chi connectivity index (χ0v) is 18.2. The molecule has 2 aromatic rings. The van der Waals surface area contributed by atoms with E-state index in [1.54, 1.807) is 29.3 Å². The quantitative estimate of drug-likeness (QED) is 0.297. The minimum absolute atomic E-state index is 0.153. The number of carbonyl (C=O) groups is 1. The lowest BCUT2D eigenvalue weighted by molar-refractivity contribution is -0.122. The molecule has 0 atom stereocenters. The van der Waals surface area contributed by atoms with Crippen LogP contribution in [0.25, 0.3) is 11.7 Å². The fourth-order valence-corrected chi connectivity index (χ4v) is 4.33. The van der Waals surface area contributed by atoms with Crippen molar-refractivity contribution in [3.8, 4) is 0 Å². The van der Waals surface area contributed by atoms with Crippen LogP contribution >= 0.6 is 24.0 Å². The summed E-state index contributed by atoms with van der Waals surface area (Å²) in [4.78, 5) is 32.7. The summed E-state index contributed by atoms with van der Waals surface area (Å²) in [5.41, 5.74) is 1.59. The van der Waals surface area contributed by atoms with Crippen LogP contribution in [0, 0.1) is 6.92 Å². The maximum Gasteiger partial charge on any atom is 0.267 e. The smallest absolute Gasteiger partial charge is 0.267 e. The number of carbonyl (C=O) groups excluding carboxylic acids is 1. The Hall–Kier alpha value is -2.45. The Bertz CT molecular complexity index is 1060. The van der Waals surface area contributed by atoms with Gasteiger partial charge in [-0.15, -0.1) is 6.58 Å². The van der Waals surface area contributed by atoms with Crippen LogP contribution in [0.4, 0.5) is 5.82 Å². The number of aryl methyl sites for hydroxylation is 1. The second-order valence-corrected chi connectivity index (χ2v) is 8.50. The number of pyridine rings is 1. The summed E-state index contributed by atoms with van der Waals surface area (Å²) in [5, 5.41) is 3.11. The number of rotatable bonds is 8. The lowest BCUT2D eigenvalue weighted by atomic mass is 10.2. The van der Waals surface area contributed by atoms with Gasteiger partial charge in [-0.05, 0) is 31.1 Å². The largest absolute Gasteiger partial charge is 0.366 e. The molecule has 29 heavy (non-hydrogen) atoms. The first-order valence-electron chi connectivity index (χ1n) is 9.59. The van der Waals surface area contributed by atoms with Gasteiger partial charge in [-0.3, -0.25) is 18.9 Å². The molecule has 3 rings (SSSR count). The van der Waals surface area contributed by atoms with E-state index in [1.165, 1.54) is 16.2 Å². The Kier molecular flexibility index (Phi) is 6.87. The van der Waals surface area contributed by atoms with E-state index < -0.39 is 0 Å². The lowest BCUT2D eigenvalue weighted by Crippen LogP contribution is -2.29. The maximum absolute atomic E-state index is 13.2. The molecule has 0 radical (unpaired) electrons. The predicted molar refractivity (Wildman–Crippen MR) is 124 cm³/mol. The molecule has 0 saturated carbocycles. The number of thioether (sulfide) groups is 1. The summed E-state index contributed by atoms with van der Waals surface area (Å²) >= 11 is 6.62. The first-order valence-corrected chi connectivity index (χ1v) is 10.8. The van der Waals surface area contributed by atoms with Crippen molar-refractivity contribution in [3.05, 3.63) is 57.4 Å². The highest BCUT2D eigenvalue weighted by Gasteiger charge is 2.32. The molecule has 1 aliphatic rings. The van der Waals surface area contributed by atoms with Crippen LogP contribution in [0.5, 0.6) is 0 Å². The number of aromatic nitrogens is 2. The van der Waals surface area contributed by atoms with Crippen molar-refractivity contribution >= 4 is 51.7 Å². The average Bonchev–Trinajstić information content (AvgIpc) is 2.97. The zero-order chi connectivity index (χ0) is 21.0. The first kappa shape index (κ1) is 21.3. The van der Waals surface area contributed by atoms with E-state index in [0.717, 1.165) is 24.8 Å². The van der Waals surface area contributed by atoms with Gasteiger partial charge in [-0.2, -0.15) is 0 Å². The third-order valence-corrected chi connectivity index (χ3v) is 5.93. The van der Waals surface area contributed by atoms with Gasteiger partial charge in [0.1, 0.15) is 15.8 Å². The molecule has 8 heteroatoms. The van der Waals surface area contributed by atoms with Crippen molar-refractivity contribution in [3.63, 3.8) is 0 Å². The van der Waals surface area contributed by atoms with Gasteiger partial charge in [0.25, 0.3) is 11.5 Å². The summed E-state index contributed by atoms with van der Waals surface area (Å²) < 4.78 is 2.03. The molecule has 0 spiro atoms. The number of fused-ring (bicyclic) bond motifs is 1. The standard InChI is InChI=1S/C21H24N4O2S2/c1-4-6-7-11-24-20(27)16(29-21(24)28)12-15-18(22-10-5-2)23-17-9-8-14(3)13-25(17)19(15)26/h5,8-9,12-13,22H,2,4,6-7,10-11H2,1,3H3/b16-12+. The van der Waals surface area contributed by atoms with Crippen molar-refractivity contribution in [2.75, 3.05) is 18.4 Å². The van der Waals surface area contributed by atoms with Crippen LogP contribution in [-0.2, 0) is 4.79 Å². The van der Waals surface area contributed by atoms with Gasteiger partial charge in [0.15, 0.2) is 0 Å². The highest BCUT2D eigenvalue weighted by molar-refractivity contribution is 8.26. The Morgan fingerprint density at radius 1 is 1.31 bits per heavy atom. The molecule has 1 aliphatic heterocycles. The fourth-order valence-electron chi connectivity index (χ4n) is 3.04. The third kappa shape index (κ3) is 4.59. The monoisotopic (exact) mass is 428 g/mol. The third-order valence-electron chi connectivity index (χ3n) is 4.55. The summed E-state index contributed by atoms with van der Waals surface area (Å²) in [6, 6.07) is 3.70. The Balaban J connectivity index is 2.04. The number of anilines is 1. The van der Waals surface area contributed by atoms with E-state index in [-0.39, 0.29) is 11.5 Å². The molecule has 6 nitrogen and oxygen atoms in total. The Morgan fingerprint density at radius 2 is 2.10 bits per heavy atom. The SMILES string of the molecule is C=CCNc1nc2ccc(C)cn2c(=O)c1/C=C1/SC(=S)N(CCCCC)C1=O. The zero-order valence-electron chi connectivity index (χ0n) is 16.6. The second kappa shape index (κ2) is 9.37. The van der Waals surface area contributed by atoms with Crippen LogP contribution in [0.15, 0.2) is 40.7 Å². The number of unbranched alkanes of at least 4 members (excludes halogenated alkanes) is 2. The summed E-state index contributed by atoms with van der Waals surface area (Å²) in [6.07, 6.45) is 8.06. The molecule has 2 aromatic heterocycles. The van der Waals surface area contributed by atoms with Gasteiger partial charge in [-0.1, -0.05) is 55.9 Å². The lowest BCUT2D eigenvalue weighted by Gasteiger charge is -2.13. The molecule has 152 valence electrons. The average molecular weight is 429 g/mol. The van der Waals surface area contributed by atoms with Gasteiger partial charge in [0.2, 0.25) is 0 Å². The highest BCUT2D eigenvalue weighted by Crippen LogP contribution is 2.33. The molecule has 1 fully saturated rings. The summed E-state index contributed by atoms with van der Waals surface area (Å²) in [6.45, 7) is 8.78. The normalized spacial score (nSPS) is 15.5. The minimum atomic E-state index is -0.235. The molecule has 1 N–H and O–H groups in total. The van der Waals surface area contributed by atoms with E-state index in [9.17, 15) is 9.59 Å². The molecule has 1 amide bonds. The molecule has 0 aliphatic carbocycles. The van der Waals surface area contributed by atoms with E-state index >= 15 is 0 Å². The molecule has 0 bridgehead atoms. The maximum atomic E-state index is 13.2. The van der Waals surface area contributed by atoms with Crippen molar-refractivity contribution in [1.29, 1.82) is 0 Å². The molecule has 0 aromatic carbocycles. The van der Waals surface area contributed by atoms with Gasteiger partial charge in [-0.25, -0.2) is 4.98 Å². The summed E-state index contributed by atoms with van der Waals surface area (Å²) in [5.74, 6) is 0.273. The first-order chi connectivity index (χ1) is 14.0. The van der Waals surface area contributed by atoms with Crippen molar-refractivity contribution < 1.29 is 4.79 Å². The van der Waals surface area contributed by atoms with Gasteiger partial charge < -0.3 is 5.32 Å². The Morgan fingerprint density at radius 3 is 2.83 bits per heavy atom. The molecular weight excluding hydrogens is 404 g/mol. The van der Waals surface area contributed by atoms with E-state index in [1.807, 2.05) is 13.0 Å². The van der Waals surface area contributed by atoms with Crippen LogP contribution in [0.2, 0.25) is 0 Å². The predicted octanol–water partition coefficient (Wildman–Crippen LogP) is 3.99. The number of amides is 1. The topological polar surface area (TPSA) is 66.7 Å². The van der Waals surface area contributed by atoms with Gasteiger partial charge in [0, 0.05) is 19.3 Å². The molecule has 0 unspecified atom stereocenters. The van der Waals surface area contributed by atoms with Gasteiger partial charge in [0.05, 0.1) is 10.5 Å². The number of hydrogen-bond donors (Lipinski definition) is 1. The molecular formula is C21H24N4O2S2. The fraction of sp³-hybridized carbons (Fsp3) is 0.333. The van der Waals surface area contributed by atoms with Crippen LogP contribution in [0.3, 0.4) is 0 Å². The highest BCUT2D eigenvalue weighted by atomic mass is 32.2.